The summed E-state index contributed by atoms with van der Waals surface area (Å²) in [5, 5.41) is 8.86. The van der Waals surface area contributed by atoms with Crippen LogP contribution in [0, 0.1) is 18.8 Å². The molecule has 1 unspecified atom stereocenters. The molecule has 1 atom stereocenters. The van der Waals surface area contributed by atoms with Crippen molar-refractivity contribution in [2.24, 2.45) is 0 Å². The molecule has 41 heavy (non-hydrogen) atoms. The van der Waals surface area contributed by atoms with Crippen LogP contribution < -0.4 is 9.47 Å². The number of benzene rings is 4. The van der Waals surface area contributed by atoms with Gasteiger partial charge < -0.3 is 14.6 Å². The van der Waals surface area contributed by atoms with Crippen molar-refractivity contribution in [1.82, 2.24) is 0 Å². The molecule has 4 aromatic carbocycles. The zero-order valence-corrected chi connectivity index (χ0v) is 23.5. The maximum atomic E-state index is 13.2. The van der Waals surface area contributed by atoms with Crippen LogP contribution >= 0.6 is 11.8 Å². The number of aryl methyl sites for hydroxylation is 1. The Morgan fingerprint density at radius 3 is 2.29 bits per heavy atom. The highest BCUT2D eigenvalue weighted by Crippen LogP contribution is 2.36. The molecule has 0 aliphatic carbocycles. The first-order valence-electron chi connectivity index (χ1n) is 12.0. The SMILES string of the molecule is Cc1cc(Sc2cc(C#Cc3ccc(S(C)=O)cc3)cc(Oc3cccc(C(F)(F)F)c3)c2)ccc1OCC(=O)O. The fourth-order valence-electron chi connectivity index (χ4n) is 3.63. The summed E-state index contributed by atoms with van der Waals surface area (Å²) in [5.41, 5.74) is 1.19. The molecule has 0 fully saturated rings. The Labute approximate surface area is 241 Å². The Morgan fingerprint density at radius 1 is 0.902 bits per heavy atom. The van der Waals surface area contributed by atoms with Crippen molar-refractivity contribution < 1.29 is 36.8 Å². The summed E-state index contributed by atoms with van der Waals surface area (Å²) in [6, 6.07) is 22.1. The number of rotatable bonds is 8. The minimum Gasteiger partial charge on any atom is -0.482 e. The van der Waals surface area contributed by atoms with Crippen LogP contribution in [0.5, 0.6) is 17.2 Å². The molecule has 0 aliphatic heterocycles. The third kappa shape index (κ3) is 8.64. The second kappa shape index (κ2) is 13.0. The molecule has 4 rings (SSSR count). The second-order valence-electron chi connectivity index (χ2n) is 8.76. The predicted octanol–water partition coefficient (Wildman–Crippen LogP) is 7.56. The number of hydrogen-bond donors (Lipinski definition) is 1. The summed E-state index contributed by atoms with van der Waals surface area (Å²) in [6.45, 7) is 1.34. The number of aliphatic carboxylic acids is 1. The van der Waals surface area contributed by atoms with Gasteiger partial charge in [0.05, 0.1) is 5.56 Å². The lowest BCUT2D eigenvalue weighted by Crippen LogP contribution is -2.09. The number of carboxylic acid groups (broad SMARTS) is 1. The summed E-state index contributed by atoms with van der Waals surface area (Å²) in [5.74, 6) is 5.82. The molecule has 0 aromatic heterocycles. The molecular weight excluding hydrogens is 573 g/mol. The van der Waals surface area contributed by atoms with E-state index in [0.717, 1.165) is 22.6 Å². The van der Waals surface area contributed by atoms with E-state index < -0.39 is 35.1 Å². The zero-order valence-electron chi connectivity index (χ0n) is 21.8. The monoisotopic (exact) mass is 596 g/mol. The molecule has 4 aromatic rings. The summed E-state index contributed by atoms with van der Waals surface area (Å²) in [4.78, 5) is 13.0. The van der Waals surface area contributed by atoms with Gasteiger partial charge in [0.15, 0.2) is 6.61 Å². The van der Waals surface area contributed by atoms with Crippen LogP contribution in [0.3, 0.4) is 0 Å². The van der Waals surface area contributed by atoms with E-state index in [9.17, 15) is 22.2 Å². The topological polar surface area (TPSA) is 72.8 Å². The molecule has 0 spiro atoms. The van der Waals surface area contributed by atoms with Crippen molar-refractivity contribution in [1.29, 1.82) is 0 Å². The number of halogens is 3. The van der Waals surface area contributed by atoms with Crippen molar-refractivity contribution in [3.63, 3.8) is 0 Å². The molecule has 0 aliphatic rings. The zero-order chi connectivity index (χ0) is 29.6. The lowest BCUT2D eigenvalue weighted by atomic mass is 10.1. The van der Waals surface area contributed by atoms with Gasteiger partial charge in [-0.25, -0.2) is 4.79 Å². The van der Waals surface area contributed by atoms with Crippen LogP contribution in [0.2, 0.25) is 0 Å². The maximum absolute atomic E-state index is 13.2. The Morgan fingerprint density at radius 2 is 1.63 bits per heavy atom. The van der Waals surface area contributed by atoms with E-state index in [-0.39, 0.29) is 5.75 Å². The fraction of sp³-hybridized carbons (Fsp3) is 0.129. The first kappa shape index (κ1) is 29.8. The van der Waals surface area contributed by atoms with Crippen molar-refractivity contribution in [3.05, 3.63) is 107 Å². The molecule has 210 valence electrons. The third-order valence-corrected chi connectivity index (χ3v) is 7.44. The van der Waals surface area contributed by atoms with Crippen molar-refractivity contribution >= 4 is 28.5 Å². The van der Waals surface area contributed by atoms with Crippen LogP contribution in [0.15, 0.2) is 99.6 Å². The number of carbonyl (C=O) groups is 1. The summed E-state index contributed by atoms with van der Waals surface area (Å²) >= 11 is 1.37. The Bertz CT molecular complexity index is 1660. The van der Waals surface area contributed by atoms with Crippen LogP contribution in [0.25, 0.3) is 0 Å². The predicted molar refractivity (Wildman–Crippen MR) is 151 cm³/mol. The Hall–Kier alpha value is -4.20. The van der Waals surface area contributed by atoms with Gasteiger partial charge in [-0.05, 0) is 91.3 Å². The van der Waals surface area contributed by atoms with E-state index >= 15 is 0 Å². The van der Waals surface area contributed by atoms with E-state index in [1.54, 1.807) is 61.7 Å². The number of hydrogen-bond acceptors (Lipinski definition) is 5. The second-order valence-corrected chi connectivity index (χ2v) is 11.3. The van der Waals surface area contributed by atoms with Gasteiger partial charge in [-0.2, -0.15) is 13.2 Å². The third-order valence-electron chi connectivity index (χ3n) is 5.55. The summed E-state index contributed by atoms with van der Waals surface area (Å²) < 4.78 is 62.5. The number of ether oxygens (including phenoxy) is 2. The van der Waals surface area contributed by atoms with Crippen molar-refractivity contribution in [2.45, 2.75) is 27.8 Å². The van der Waals surface area contributed by atoms with E-state index in [0.29, 0.717) is 32.4 Å². The van der Waals surface area contributed by atoms with Gasteiger partial charge in [0, 0.05) is 42.9 Å². The van der Waals surface area contributed by atoms with Crippen LogP contribution in [0.4, 0.5) is 13.2 Å². The van der Waals surface area contributed by atoms with Crippen molar-refractivity contribution in [3.8, 4) is 29.1 Å². The molecule has 5 nitrogen and oxygen atoms in total. The standard InChI is InChI=1S/C31H23F3O5S2/c1-20-14-26(10-13-29(20)38-19-30(35)36)40-27-16-22(7-6-21-8-11-28(12-9-21)41(2)37)15-25(18-27)39-24-5-3-4-23(17-24)31(32,33)34/h3-5,8-18H,19H2,1-2H3,(H,35,36). The highest BCUT2D eigenvalue weighted by molar-refractivity contribution is 7.99. The molecule has 1 N–H and O–H groups in total. The largest absolute Gasteiger partial charge is 0.482 e. The Balaban J connectivity index is 1.66. The summed E-state index contributed by atoms with van der Waals surface area (Å²) in [6.07, 6.45) is -2.92. The lowest BCUT2D eigenvalue weighted by molar-refractivity contribution is -0.139. The molecule has 0 bridgehead atoms. The normalized spacial score (nSPS) is 11.7. The van der Waals surface area contributed by atoms with Crippen LogP contribution in [0.1, 0.15) is 22.3 Å². The van der Waals surface area contributed by atoms with Gasteiger partial charge in [-0.1, -0.05) is 29.7 Å². The first-order chi connectivity index (χ1) is 19.5. The highest BCUT2D eigenvalue weighted by Gasteiger charge is 2.30. The molecule has 0 amide bonds. The average Bonchev–Trinajstić information content (AvgIpc) is 2.91. The van der Waals surface area contributed by atoms with Gasteiger partial charge in [0.1, 0.15) is 17.2 Å². The van der Waals surface area contributed by atoms with Crippen molar-refractivity contribution in [2.75, 3.05) is 12.9 Å². The lowest BCUT2D eigenvalue weighted by Gasteiger charge is -2.12. The maximum Gasteiger partial charge on any atom is 0.416 e. The molecule has 0 saturated heterocycles. The van der Waals surface area contributed by atoms with Crippen LogP contribution in [-0.4, -0.2) is 28.1 Å². The van der Waals surface area contributed by atoms with Gasteiger partial charge in [0.25, 0.3) is 0 Å². The summed E-state index contributed by atoms with van der Waals surface area (Å²) in [7, 11) is -1.11. The van der Waals surface area contributed by atoms with Gasteiger partial charge in [0.2, 0.25) is 0 Å². The average molecular weight is 597 g/mol. The highest BCUT2D eigenvalue weighted by atomic mass is 32.2. The number of carboxylic acids is 1. The fourth-order valence-corrected chi connectivity index (χ4v) is 5.16. The van der Waals surface area contributed by atoms with E-state index in [2.05, 4.69) is 11.8 Å². The Kier molecular flexibility index (Phi) is 9.42. The van der Waals surface area contributed by atoms with E-state index in [1.807, 2.05) is 12.1 Å². The molecule has 0 radical (unpaired) electrons. The molecule has 10 heteroatoms. The molecular formula is C31H23F3O5S2. The number of alkyl halides is 3. The minimum absolute atomic E-state index is 0.0276. The minimum atomic E-state index is -4.51. The molecule has 0 saturated carbocycles. The van der Waals surface area contributed by atoms with Crippen LogP contribution in [-0.2, 0) is 21.8 Å². The smallest absolute Gasteiger partial charge is 0.416 e. The molecule has 0 heterocycles. The first-order valence-corrected chi connectivity index (χ1v) is 14.4. The van der Waals surface area contributed by atoms with Gasteiger partial charge in [-0.3, -0.25) is 4.21 Å². The van der Waals surface area contributed by atoms with Gasteiger partial charge in [-0.15, -0.1) is 0 Å². The quantitative estimate of drug-likeness (QED) is 0.212. The van der Waals surface area contributed by atoms with E-state index in [4.69, 9.17) is 14.6 Å². The van der Waals surface area contributed by atoms with Gasteiger partial charge >= 0.3 is 12.1 Å². The van der Waals surface area contributed by atoms with E-state index in [1.165, 1.54) is 23.9 Å².